The molecule has 17 heavy (non-hydrogen) atoms. The van der Waals surface area contributed by atoms with Crippen LogP contribution in [0.25, 0.3) is 0 Å². The lowest BCUT2D eigenvalue weighted by atomic mass is 9.93. The Kier molecular flexibility index (Phi) is 4.11. The highest BCUT2D eigenvalue weighted by Crippen LogP contribution is 2.18. The monoisotopic (exact) mass is 239 g/mol. The van der Waals surface area contributed by atoms with Gasteiger partial charge in [-0.05, 0) is 61.9 Å². The second-order valence-electron chi connectivity index (χ2n) is 5.06. The summed E-state index contributed by atoms with van der Waals surface area (Å²) in [5.74, 6) is 0.0827. The van der Waals surface area contributed by atoms with Crippen molar-refractivity contribution in [1.82, 2.24) is 5.32 Å². The van der Waals surface area contributed by atoms with Crippen LogP contribution in [-0.2, 0) is 6.42 Å². The lowest BCUT2D eigenvalue weighted by Crippen LogP contribution is -2.38. The maximum Gasteiger partial charge on any atom is 0.126 e. The fourth-order valence-electron chi connectivity index (χ4n) is 2.37. The molecular weight excluding hydrogens is 220 g/mol. The van der Waals surface area contributed by atoms with Crippen LogP contribution in [0.1, 0.15) is 31.7 Å². The molecular formula is C14H19F2N. The number of halogens is 2. The van der Waals surface area contributed by atoms with Gasteiger partial charge in [-0.3, -0.25) is 0 Å². The summed E-state index contributed by atoms with van der Waals surface area (Å²) >= 11 is 0. The van der Waals surface area contributed by atoms with Crippen LogP contribution < -0.4 is 5.32 Å². The van der Waals surface area contributed by atoms with E-state index in [1.54, 1.807) is 0 Å². The van der Waals surface area contributed by atoms with Crippen molar-refractivity contribution < 1.29 is 8.78 Å². The molecule has 1 nitrogen and oxygen atoms in total. The van der Waals surface area contributed by atoms with Crippen LogP contribution in [0.2, 0.25) is 0 Å². The quantitative estimate of drug-likeness (QED) is 0.853. The Morgan fingerprint density at radius 3 is 2.82 bits per heavy atom. The van der Waals surface area contributed by atoms with Gasteiger partial charge in [0.15, 0.2) is 0 Å². The number of nitrogens with one attached hydrogen (secondary N) is 1. The Balaban J connectivity index is 1.87. The zero-order chi connectivity index (χ0) is 12.3. The van der Waals surface area contributed by atoms with E-state index in [0.29, 0.717) is 18.0 Å². The summed E-state index contributed by atoms with van der Waals surface area (Å²) in [6.45, 7) is 3.27. The van der Waals surface area contributed by atoms with E-state index in [9.17, 15) is 8.78 Å². The van der Waals surface area contributed by atoms with Gasteiger partial charge in [0.1, 0.15) is 11.6 Å². The van der Waals surface area contributed by atoms with Gasteiger partial charge in [0.2, 0.25) is 0 Å². The number of piperidine rings is 1. The van der Waals surface area contributed by atoms with E-state index in [-0.39, 0.29) is 11.6 Å². The molecule has 0 aliphatic carbocycles. The first-order chi connectivity index (χ1) is 8.15. The Bertz CT molecular complexity index is 370. The van der Waals surface area contributed by atoms with E-state index in [1.165, 1.54) is 24.6 Å². The van der Waals surface area contributed by atoms with Crippen molar-refractivity contribution in [2.24, 2.45) is 5.92 Å². The van der Waals surface area contributed by atoms with Crippen molar-refractivity contribution >= 4 is 0 Å². The van der Waals surface area contributed by atoms with E-state index in [1.807, 2.05) is 0 Å². The molecule has 0 aromatic heterocycles. The summed E-state index contributed by atoms with van der Waals surface area (Å²) in [6.07, 6.45) is 3.85. The van der Waals surface area contributed by atoms with E-state index < -0.39 is 0 Å². The molecule has 1 aromatic carbocycles. The Morgan fingerprint density at radius 2 is 2.12 bits per heavy atom. The molecule has 1 N–H and O–H groups in total. The molecule has 2 rings (SSSR count). The summed E-state index contributed by atoms with van der Waals surface area (Å²) in [4.78, 5) is 0. The highest BCUT2D eigenvalue weighted by Gasteiger charge is 2.17. The molecule has 3 heteroatoms. The maximum atomic E-state index is 13.4. The third-order valence-corrected chi connectivity index (χ3v) is 3.53. The van der Waals surface area contributed by atoms with Crippen molar-refractivity contribution in [2.45, 2.75) is 38.6 Å². The van der Waals surface area contributed by atoms with Crippen molar-refractivity contribution in [3.8, 4) is 0 Å². The molecule has 1 aromatic rings. The van der Waals surface area contributed by atoms with E-state index in [0.717, 1.165) is 25.3 Å². The molecule has 0 spiro atoms. The molecule has 0 radical (unpaired) electrons. The molecule has 0 bridgehead atoms. The van der Waals surface area contributed by atoms with Gasteiger partial charge in [0, 0.05) is 6.04 Å². The summed E-state index contributed by atoms with van der Waals surface area (Å²) in [7, 11) is 0. The highest BCUT2D eigenvalue weighted by molar-refractivity contribution is 5.18. The first-order valence-electron chi connectivity index (χ1n) is 6.32. The second-order valence-corrected chi connectivity index (χ2v) is 5.06. The van der Waals surface area contributed by atoms with Gasteiger partial charge in [0.05, 0.1) is 0 Å². The zero-order valence-corrected chi connectivity index (χ0v) is 10.2. The molecule has 1 aliphatic heterocycles. The standard InChI is InChI=1S/C14H19F2N/c1-10-2-5-13(17-9-10)6-3-11-8-12(15)4-7-14(11)16/h4,7-8,10,13,17H,2-3,5-6,9H2,1H3. The number of hydrogen-bond acceptors (Lipinski definition) is 1. The largest absolute Gasteiger partial charge is 0.314 e. The predicted molar refractivity (Wildman–Crippen MR) is 64.9 cm³/mol. The summed E-state index contributed by atoms with van der Waals surface area (Å²) in [5.41, 5.74) is 0.491. The lowest BCUT2D eigenvalue weighted by molar-refractivity contribution is 0.315. The smallest absolute Gasteiger partial charge is 0.126 e. The highest BCUT2D eigenvalue weighted by atomic mass is 19.1. The molecule has 1 heterocycles. The minimum absolute atomic E-state index is 0.296. The fourth-order valence-corrected chi connectivity index (χ4v) is 2.37. The second kappa shape index (κ2) is 5.58. The third kappa shape index (κ3) is 3.50. The fraction of sp³-hybridized carbons (Fsp3) is 0.571. The normalized spacial score (nSPS) is 24.9. The van der Waals surface area contributed by atoms with Crippen molar-refractivity contribution in [3.05, 3.63) is 35.4 Å². The number of benzene rings is 1. The van der Waals surface area contributed by atoms with Gasteiger partial charge in [-0.1, -0.05) is 6.92 Å². The van der Waals surface area contributed by atoms with Gasteiger partial charge in [-0.2, -0.15) is 0 Å². The van der Waals surface area contributed by atoms with Gasteiger partial charge in [-0.25, -0.2) is 8.78 Å². The van der Waals surface area contributed by atoms with Crippen LogP contribution in [0.3, 0.4) is 0 Å². The van der Waals surface area contributed by atoms with Crippen LogP contribution in [0.4, 0.5) is 8.78 Å². The van der Waals surface area contributed by atoms with Gasteiger partial charge >= 0.3 is 0 Å². The molecule has 1 aliphatic rings. The minimum Gasteiger partial charge on any atom is -0.314 e. The Hall–Kier alpha value is -0.960. The topological polar surface area (TPSA) is 12.0 Å². The van der Waals surface area contributed by atoms with Crippen molar-refractivity contribution in [2.75, 3.05) is 6.54 Å². The van der Waals surface area contributed by atoms with E-state index in [2.05, 4.69) is 12.2 Å². The van der Waals surface area contributed by atoms with E-state index in [4.69, 9.17) is 0 Å². The van der Waals surface area contributed by atoms with Gasteiger partial charge in [-0.15, -0.1) is 0 Å². The van der Waals surface area contributed by atoms with Crippen molar-refractivity contribution in [1.29, 1.82) is 0 Å². The predicted octanol–water partition coefficient (Wildman–Crippen LogP) is 3.29. The SMILES string of the molecule is CC1CCC(CCc2cc(F)ccc2F)NC1. The van der Waals surface area contributed by atoms with Crippen LogP contribution in [-0.4, -0.2) is 12.6 Å². The number of aryl methyl sites for hydroxylation is 1. The Labute approximate surface area is 101 Å². The molecule has 0 amide bonds. The number of rotatable bonds is 3. The van der Waals surface area contributed by atoms with Crippen LogP contribution >= 0.6 is 0 Å². The molecule has 1 saturated heterocycles. The maximum absolute atomic E-state index is 13.4. The molecule has 2 atom stereocenters. The van der Waals surface area contributed by atoms with Crippen LogP contribution in [0.5, 0.6) is 0 Å². The first kappa shape index (κ1) is 12.5. The molecule has 0 saturated carbocycles. The average molecular weight is 239 g/mol. The zero-order valence-electron chi connectivity index (χ0n) is 10.2. The summed E-state index contributed by atoms with van der Waals surface area (Å²) < 4.78 is 26.4. The molecule has 1 fully saturated rings. The summed E-state index contributed by atoms with van der Waals surface area (Å²) in [6, 6.07) is 4.13. The molecule has 2 unspecified atom stereocenters. The van der Waals surface area contributed by atoms with Gasteiger partial charge < -0.3 is 5.32 Å². The average Bonchev–Trinajstić information content (AvgIpc) is 2.32. The molecule has 94 valence electrons. The minimum atomic E-state index is -0.355. The van der Waals surface area contributed by atoms with Crippen LogP contribution in [0, 0.1) is 17.6 Å². The summed E-state index contributed by atoms with van der Waals surface area (Å²) in [5, 5.41) is 3.46. The van der Waals surface area contributed by atoms with Crippen LogP contribution in [0.15, 0.2) is 18.2 Å². The first-order valence-corrected chi connectivity index (χ1v) is 6.32. The lowest BCUT2D eigenvalue weighted by Gasteiger charge is -2.27. The van der Waals surface area contributed by atoms with Gasteiger partial charge in [0.25, 0.3) is 0 Å². The van der Waals surface area contributed by atoms with E-state index >= 15 is 0 Å². The van der Waals surface area contributed by atoms with Crippen molar-refractivity contribution in [3.63, 3.8) is 0 Å². The third-order valence-electron chi connectivity index (χ3n) is 3.53. The Morgan fingerprint density at radius 1 is 1.29 bits per heavy atom. The number of hydrogen-bond donors (Lipinski definition) is 1.